The summed E-state index contributed by atoms with van der Waals surface area (Å²) >= 11 is 0. The van der Waals surface area contributed by atoms with Gasteiger partial charge in [0.25, 0.3) is 0 Å². The van der Waals surface area contributed by atoms with Crippen molar-refractivity contribution in [1.82, 2.24) is 4.98 Å². The summed E-state index contributed by atoms with van der Waals surface area (Å²) in [5.74, 6) is 2.29. The van der Waals surface area contributed by atoms with Crippen molar-refractivity contribution in [3.8, 4) is 23.0 Å². The molecule has 2 aromatic carbocycles. The van der Waals surface area contributed by atoms with Crippen molar-refractivity contribution < 1.29 is 19.0 Å². The van der Waals surface area contributed by atoms with E-state index in [0.29, 0.717) is 28.6 Å². The molecule has 0 aliphatic heterocycles. The van der Waals surface area contributed by atoms with E-state index in [-0.39, 0.29) is 5.78 Å². The van der Waals surface area contributed by atoms with E-state index in [9.17, 15) is 4.79 Å². The van der Waals surface area contributed by atoms with E-state index in [1.165, 1.54) is 6.92 Å². The Bertz CT molecular complexity index is 905. The SMILES string of the molecule is COc1ccc(Oc2ccnc3ccc(OC)cc23)c(C(C)=O)c1. The first kappa shape index (κ1) is 15.8. The van der Waals surface area contributed by atoms with Gasteiger partial charge in [0, 0.05) is 11.6 Å². The van der Waals surface area contributed by atoms with Crippen molar-refractivity contribution >= 4 is 16.7 Å². The second kappa shape index (κ2) is 6.58. The lowest BCUT2D eigenvalue weighted by Crippen LogP contribution is -1.99. The third kappa shape index (κ3) is 3.01. The molecule has 0 saturated heterocycles. The van der Waals surface area contributed by atoms with E-state index in [2.05, 4.69) is 4.98 Å². The Kier molecular flexibility index (Phi) is 4.33. The zero-order valence-corrected chi connectivity index (χ0v) is 13.7. The molecule has 0 spiro atoms. The van der Waals surface area contributed by atoms with Gasteiger partial charge in [0.15, 0.2) is 5.78 Å². The zero-order chi connectivity index (χ0) is 17.1. The number of pyridine rings is 1. The van der Waals surface area contributed by atoms with Crippen molar-refractivity contribution in [3.63, 3.8) is 0 Å². The molecule has 1 aromatic heterocycles. The van der Waals surface area contributed by atoms with E-state index in [4.69, 9.17) is 14.2 Å². The summed E-state index contributed by atoms with van der Waals surface area (Å²) in [5, 5.41) is 0.808. The van der Waals surface area contributed by atoms with Crippen molar-refractivity contribution in [1.29, 1.82) is 0 Å². The molecule has 0 atom stereocenters. The van der Waals surface area contributed by atoms with E-state index in [0.717, 1.165) is 10.9 Å². The number of ketones is 1. The first-order valence-electron chi connectivity index (χ1n) is 7.42. The Labute approximate surface area is 139 Å². The lowest BCUT2D eigenvalue weighted by atomic mass is 10.1. The molecule has 0 aliphatic carbocycles. The molecule has 0 N–H and O–H groups in total. The highest BCUT2D eigenvalue weighted by Gasteiger charge is 2.13. The van der Waals surface area contributed by atoms with Crippen LogP contribution in [0.3, 0.4) is 0 Å². The van der Waals surface area contributed by atoms with Crippen molar-refractivity contribution in [2.75, 3.05) is 14.2 Å². The van der Waals surface area contributed by atoms with E-state index in [1.54, 1.807) is 44.7 Å². The number of hydrogen-bond acceptors (Lipinski definition) is 5. The van der Waals surface area contributed by atoms with Gasteiger partial charge < -0.3 is 14.2 Å². The number of benzene rings is 2. The summed E-state index contributed by atoms with van der Waals surface area (Å²) in [6.45, 7) is 1.50. The van der Waals surface area contributed by atoms with Crippen LogP contribution >= 0.6 is 0 Å². The lowest BCUT2D eigenvalue weighted by molar-refractivity contribution is 0.101. The molecule has 0 aliphatic rings. The molecule has 0 fully saturated rings. The minimum atomic E-state index is -0.0974. The van der Waals surface area contributed by atoms with Gasteiger partial charge in [0.1, 0.15) is 23.0 Å². The van der Waals surface area contributed by atoms with E-state index in [1.807, 2.05) is 18.2 Å². The molecule has 24 heavy (non-hydrogen) atoms. The Morgan fingerprint density at radius 3 is 2.33 bits per heavy atom. The normalized spacial score (nSPS) is 10.5. The van der Waals surface area contributed by atoms with E-state index >= 15 is 0 Å². The van der Waals surface area contributed by atoms with Crippen molar-refractivity contribution in [2.24, 2.45) is 0 Å². The van der Waals surface area contributed by atoms with Gasteiger partial charge in [-0.1, -0.05) is 0 Å². The number of hydrogen-bond donors (Lipinski definition) is 0. The van der Waals surface area contributed by atoms with Crippen LogP contribution in [-0.4, -0.2) is 25.0 Å². The van der Waals surface area contributed by atoms with Crippen LogP contribution in [0.2, 0.25) is 0 Å². The number of rotatable bonds is 5. The highest BCUT2D eigenvalue weighted by Crippen LogP contribution is 2.34. The quantitative estimate of drug-likeness (QED) is 0.657. The van der Waals surface area contributed by atoms with Crippen LogP contribution in [0.15, 0.2) is 48.7 Å². The molecule has 5 nitrogen and oxygen atoms in total. The molecule has 0 unspecified atom stereocenters. The average molecular weight is 323 g/mol. The number of Topliss-reactive ketones (excluding diaryl/α,β-unsaturated/α-hetero) is 1. The molecule has 0 bridgehead atoms. The van der Waals surface area contributed by atoms with Gasteiger partial charge in [0.2, 0.25) is 0 Å². The highest BCUT2D eigenvalue weighted by molar-refractivity contribution is 5.97. The molecule has 5 heteroatoms. The predicted octanol–water partition coefficient (Wildman–Crippen LogP) is 4.25. The van der Waals surface area contributed by atoms with E-state index < -0.39 is 0 Å². The number of nitrogens with zero attached hydrogens (tertiary/aromatic N) is 1. The summed E-state index contributed by atoms with van der Waals surface area (Å²) in [7, 11) is 3.16. The topological polar surface area (TPSA) is 57.6 Å². The number of carbonyl (C=O) groups is 1. The number of carbonyl (C=O) groups excluding carboxylic acids is 1. The Hall–Kier alpha value is -3.08. The molecular weight excluding hydrogens is 306 g/mol. The molecule has 1 heterocycles. The maximum atomic E-state index is 11.9. The lowest BCUT2D eigenvalue weighted by Gasteiger charge is -2.13. The van der Waals surface area contributed by atoms with Crippen LogP contribution in [0.25, 0.3) is 10.9 Å². The van der Waals surface area contributed by atoms with Gasteiger partial charge in [-0.15, -0.1) is 0 Å². The number of ether oxygens (including phenoxy) is 3. The smallest absolute Gasteiger partial charge is 0.163 e. The third-order valence-electron chi connectivity index (χ3n) is 3.69. The van der Waals surface area contributed by atoms with Crippen LogP contribution in [-0.2, 0) is 0 Å². The molecular formula is C19H17NO4. The minimum Gasteiger partial charge on any atom is -0.497 e. The molecule has 3 rings (SSSR count). The third-order valence-corrected chi connectivity index (χ3v) is 3.69. The zero-order valence-electron chi connectivity index (χ0n) is 13.7. The standard InChI is InChI=1S/C19H17NO4/c1-12(21)15-10-14(23-3)5-7-18(15)24-19-8-9-20-17-6-4-13(22-2)11-16(17)19/h4-11H,1-3H3. The fraction of sp³-hybridized carbons (Fsp3) is 0.158. The summed E-state index contributed by atoms with van der Waals surface area (Å²) in [4.78, 5) is 16.2. The predicted molar refractivity (Wildman–Crippen MR) is 91.4 cm³/mol. The van der Waals surface area contributed by atoms with Crippen LogP contribution < -0.4 is 14.2 Å². The second-order valence-corrected chi connectivity index (χ2v) is 5.21. The van der Waals surface area contributed by atoms with Crippen molar-refractivity contribution in [3.05, 3.63) is 54.2 Å². The molecule has 0 radical (unpaired) electrons. The second-order valence-electron chi connectivity index (χ2n) is 5.21. The van der Waals surface area contributed by atoms with Crippen LogP contribution in [0.1, 0.15) is 17.3 Å². The van der Waals surface area contributed by atoms with Gasteiger partial charge in [-0.3, -0.25) is 9.78 Å². The minimum absolute atomic E-state index is 0.0974. The fourth-order valence-corrected chi connectivity index (χ4v) is 2.43. The van der Waals surface area contributed by atoms with Gasteiger partial charge in [0.05, 0.1) is 25.3 Å². The Balaban J connectivity index is 2.08. The fourth-order valence-electron chi connectivity index (χ4n) is 2.43. The number of fused-ring (bicyclic) bond motifs is 1. The van der Waals surface area contributed by atoms with Gasteiger partial charge in [-0.2, -0.15) is 0 Å². The number of aromatic nitrogens is 1. The molecule has 0 saturated carbocycles. The van der Waals surface area contributed by atoms with Crippen LogP contribution in [0.4, 0.5) is 0 Å². The van der Waals surface area contributed by atoms with Crippen LogP contribution in [0, 0.1) is 0 Å². The number of methoxy groups -OCH3 is 2. The average Bonchev–Trinajstić information content (AvgIpc) is 2.61. The van der Waals surface area contributed by atoms with Gasteiger partial charge in [-0.05, 0) is 49.4 Å². The largest absolute Gasteiger partial charge is 0.497 e. The first-order chi connectivity index (χ1) is 11.6. The summed E-state index contributed by atoms with van der Waals surface area (Å²) in [6.07, 6.45) is 1.67. The highest BCUT2D eigenvalue weighted by atomic mass is 16.5. The monoisotopic (exact) mass is 323 g/mol. The summed E-state index contributed by atoms with van der Waals surface area (Å²) in [5.41, 5.74) is 1.24. The van der Waals surface area contributed by atoms with Crippen molar-refractivity contribution in [2.45, 2.75) is 6.92 Å². The van der Waals surface area contributed by atoms with Gasteiger partial charge in [-0.25, -0.2) is 0 Å². The molecule has 3 aromatic rings. The maximum Gasteiger partial charge on any atom is 0.163 e. The van der Waals surface area contributed by atoms with Crippen LogP contribution in [0.5, 0.6) is 23.0 Å². The Morgan fingerprint density at radius 1 is 0.917 bits per heavy atom. The summed E-state index contributed by atoms with van der Waals surface area (Å²) < 4.78 is 16.5. The maximum absolute atomic E-state index is 11.9. The summed E-state index contributed by atoms with van der Waals surface area (Å²) in [6, 6.07) is 12.5. The first-order valence-corrected chi connectivity index (χ1v) is 7.42. The molecule has 0 amide bonds. The van der Waals surface area contributed by atoms with Gasteiger partial charge >= 0.3 is 0 Å². The Morgan fingerprint density at radius 2 is 1.62 bits per heavy atom. The molecule has 122 valence electrons.